The van der Waals surface area contributed by atoms with E-state index >= 15 is 0 Å². The lowest BCUT2D eigenvalue weighted by atomic mass is 10.1. The zero-order valence-corrected chi connectivity index (χ0v) is 10.6. The van der Waals surface area contributed by atoms with E-state index in [4.69, 9.17) is 10.5 Å². The summed E-state index contributed by atoms with van der Waals surface area (Å²) >= 11 is 0. The topological polar surface area (TPSA) is 53.1 Å². The third-order valence-electron chi connectivity index (χ3n) is 2.63. The van der Waals surface area contributed by atoms with Crippen molar-refractivity contribution in [3.63, 3.8) is 0 Å². The smallest absolute Gasteiger partial charge is 0.191 e. The molecular weight excluding hydrogens is 252 g/mol. The molecule has 0 radical (unpaired) electrons. The highest BCUT2D eigenvalue weighted by Gasteiger charge is 2.13. The van der Waals surface area contributed by atoms with Gasteiger partial charge in [-0.15, -0.1) is 0 Å². The first-order valence-electron chi connectivity index (χ1n) is 5.88. The second-order valence-electron chi connectivity index (χ2n) is 4.24. The van der Waals surface area contributed by atoms with Crippen molar-refractivity contribution in [2.75, 3.05) is 6.54 Å². The van der Waals surface area contributed by atoms with Crippen LogP contribution >= 0.6 is 0 Å². The highest BCUT2D eigenvalue weighted by Crippen LogP contribution is 2.24. The average Bonchev–Trinajstić information content (AvgIpc) is 2.74. The van der Waals surface area contributed by atoms with Crippen LogP contribution in [0.5, 0.6) is 5.75 Å². The minimum Gasteiger partial charge on any atom is -0.483 e. The first kappa shape index (κ1) is 13.5. The van der Waals surface area contributed by atoms with Crippen molar-refractivity contribution >= 4 is 0 Å². The second-order valence-corrected chi connectivity index (χ2v) is 4.24. The number of halogens is 2. The van der Waals surface area contributed by atoms with Crippen LogP contribution in [0.15, 0.2) is 24.5 Å². The molecule has 1 aromatic carbocycles. The van der Waals surface area contributed by atoms with E-state index in [1.165, 1.54) is 12.1 Å². The fourth-order valence-corrected chi connectivity index (χ4v) is 1.76. The van der Waals surface area contributed by atoms with Gasteiger partial charge in [0.1, 0.15) is 6.61 Å². The Morgan fingerprint density at radius 2 is 1.95 bits per heavy atom. The molecule has 2 N–H and O–H groups in total. The Bertz CT molecular complexity index is 546. The fraction of sp³-hybridized carbons (Fsp3) is 0.308. The number of hydrogen-bond acceptors (Lipinski definition) is 3. The lowest BCUT2D eigenvalue weighted by Crippen LogP contribution is -2.05. The second kappa shape index (κ2) is 5.79. The Morgan fingerprint density at radius 1 is 1.26 bits per heavy atom. The van der Waals surface area contributed by atoms with Gasteiger partial charge in [0.15, 0.2) is 17.4 Å². The van der Waals surface area contributed by atoms with Crippen LogP contribution in [-0.2, 0) is 20.1 Å². The maximum atomic E-state index is 13.7. The molecule has 1 aromatic heterocycles. The van der Waals surface area contributed by atoms with Crippen molar-refractivity contribution in [2.24, 2.45) is 12.8 Å². The Morgan fingerprint density at radius 3 is 2.47 bits per heavy atom. The van der Waals surface area contributed by atoms with Crippen molar-refractivity contribution in [1.82, 2.24) is 9.78 Å². The normalized spacial score (nSPS) is 10.7. The van der Waals surface area contributed by atoms with Gasteiger partial charge in [-0.1, -0.05) is 0 Å². The Labute approximate surface area is 109 Å². The number of rotatable bonds is 5. The van der Waals surface area contributed by atoms with E-state index in [1.807, 2.05) is 0 Å². The first-order valence-corrected chi connectivity index (χ1v) is 5.88. The van der Waals surface area contributed by atoms with Crippen LogP contribution in [0.25, 0.3) is 0 Å². The maximum Gasteiger partial charge on any atom is 0.191 e. The fourth-order valence-electron chi connectivity index (χ4n) is 1.76. The first-order chi connectivity index (χ1) is 9.10. The predicted molar refractivity (Wildman–Crippen MR) is 66.7 cm³/mol. The third-order valence-corrected chi connectivity index (χ3v) is 2.63. The minimum absolute atomic E-state index is 0.0674. The highest BCUT2D eigenvalue weighted by atomic mass is 19.1. The molecule has 6 heteroatoms. The van der Waals surface area contributed by atoms with Crippen LogP contribution < -0.4 is 10.5 Å². The summed E-state index contributed by atoms with van der Waals surface area (Å²) in [6, 6.07) is 2.49. The molecule has 102 valence electrons. The SMILES string of the molecule is Cn1cc(COc2c(F)cc(CCN)cc2F)cn1. The zero-order chi connectivity index (χ0) is 13.8. The summed E-state index contributed by atoms with van der Waals surface area (Å²) in [6.45, 7) is 0.409. The minimum atomic E-state index is -0.715. The number of aromatic nitrogens is 2. The molecule has 2 aromatic rings. The van der Waals surface area contributed by atoms with E-state index in [1.54, 1.807) is 24.1 Å². The van der Waals surface area contributed by atoms with Gasteiger partial charge in [-0.2, -0.15) is 5.10 Å². The van der Waals surface area contributed by atoms with Gasteiger partial charge in [0, 0.05) is 18.8 Å². The number of benzene rings is 1. The summed E-state index contributed by atoms with van der Waals surface area (Å²) in [4.78, 5) is 0. The molecule has 0 unspecified atom stereocenters. The molecule has 0 atom stereocenters. The lowest BCUT2D eigenvalue weighted by Gasteiger charge is -2.09. The lowest BCUT2D eigenvalue weighted by molar-refractivity contribution is 0.273. The molecule has 0 saturated heterocycles. The van der Waals surface area contributed by atoms with Crippen molar-refractivity contribution in [3.8, 4) is 5.75 Å². The third kappa shape index (κ3) is 3.29. The number of ether oxygens (including phenoxy) is 1. The number of nitrogens with two attached hydrogens (primary N) is 1. The quantitative estimate of drug-likeness (QED) is 0.898. The highest BCUT2D eigenvalue weighted by molar-refractivity contribution is 5.31. The van der Waals surface area contributed by atoms with Gasteiger partial charge in [-0.25, -0.2) is 8.78 Å². The van der Waals surface area contributed by atoms with Crippen LogP contribution in [-0.4, -0.2) is 16.3 Å². The molecule has 19 heavy (non-hydrogen) atoms. The standard InChI is InChI=1S/C13H15F2N3O/c1-18-7-10(6-17-18)8-19-13-11(14)4-9(2-3-16)5-12(13)15/h4-7H,2-3,8,16H2,1H3. The summed E-state index contributed by atoms with van der Waals surface area (Å²) in [7, 11) is 1.76. The molecule has 0 aliphatic rings. The van der Waals surface area contributed by atoms with Gasteiger partial charge in [-0.3, -0.25) is 4.68 Å². The van der Waals surface area contributed by atoms with Crippen molar-refractivity contribution in [1.29, 1.82) is 0 Å². The summed E-state index contributed by atoms with van der Waals surface area (Å²) in [5.41, 5.74) is 6.61. The molecule has 0 saturated carbocycles. The van der Waals surface area contributed by atoms with Gasteiger partial charge in [-0.05, 0) is 30.7 Å². The van der Waals surface area contributed by atoms with E-state index < -0.39 is 11.6 Å². The molecule has 0 spiro atoms. The molecule has 0 amide bonds. The molecule has 4 nitrogen and oxygen atoms in total. The Hall–Kier alpha value is -1.95. The van der Waals surface area contributed by atoms with Gasteiger partial charge >= 0.3 is 0 Å². The number of hydrogen-bond donors (Lipinski definition) is 1. The summed E-state index contributed by atoms with van der Waals surface area (Å²) in [5, 5.41) is 3.95. The van der Waals surface area contributed by atoms with Gasteiger partial charge < -0.3 is 10.5 Å². The number of aryl methyl sites for hydroxylation is 1. The Kier molecular flexibility index (Phi) is 4.11. The molecule has 0 fully saturated rings. The molecule has 0 aliphatic heterocycles. The van der Waals surface area contributed by atoms with Crippen LogP contribution in [0.4, 0.5) is 8.78 Å². The van der Waals surface area contributed by atoms with E-state index in [0.717, 1.165) is 5.56 Å². The molecule has 1 heterocycles. The maximum absolute atomic E-state index is 13.7. The van der Waals surface area contributed by atoms with Crippen molar-refractivity contribution < 1.29 is 13.5 Å². The van der Waals surface area contributed by atoms with E-state index in [9.17, 15) is 8.78 Å². The van der Waals surface area contributed by atoms with E-state index in [2.05, 4.69) is 5.10 Å². The molecule has 2 rings (SSSR count). The summed E-state index contributed by atoms with van der Waals surface area (Å²) in [5.74, 6) is -1.80. The predicted octanol–water partition coefficient (Wildman–Crippen LogP) is 1.78. The zero-order valence-electron chi connectivity index (χ0n) is 10.6. The van der Waals surface area contributed by atoms with Crippen LogP contribution in [0, 0.1) is 11.6 Å². The van der Waals surface area contributed by atoms with E-state index in [-0.39, 0.29) is 12.4 Å². The number of nitrogens with zero attached hydrogens (tertiary/aromatic N) is 2. The van der Waals surface area contributed by atoms with Crippen LogP contribution in [0.3, 0.4) is 0 Å². The Balaban J connectivity index is 2.11. The largest absolute Gasteiger partial charge is 0.483 e. The van der Waals surface area contributed by atoms with Gasteiger partial charge in [0.2, 0.25) is 0 Å². The summed E-state index contributed by atoms with van der Waals surface area (Å²) < 4.78 is 34.2. The van der Waals surface area contributed by atoms with Crippen molar-refractivity contribution in [3.05, 3.63) is 47.3 Å². The van der Waals surface area contributed by atoms with Crippen LogP contribution in [0.2, 0.25) is 0 Å². The molecule has 0 bridgehead atoms. The van der Waals surface area contributed by atoms with Gasteiger partial charge in [0.05, 0.1) is 6.20 Å². The van der Waals surface area contributed by atoms with Gasteiger partial charge in [0.25, 0.3) is 0 Å². The molecule has 0 aliphatic carbocycles. The van der Waals surface area contributed by atoms with E-state index in [0.29, 0.717) is 18.5 Å². The monoisotopic (exact) mass is 267 g/mol. The molecular formula is C13H15F2N3O. The van der Waals surface area contributed by atoms with Crippen LogP contribution in [0.1, 0.15) is 11.1 Å². The summed E-state index contributed by atoms with van der Waals surface area (Å²) in [6.07, 6.45) is 3.73. The van der Waals surface area contributed by atoms with Crippen molar-refractivity contribution in [2.45, 2.75) is 13.0 Å². The average molecular weight is 267 g/mol.